The maximum atomic E-state index is 10.9. The van der Waals surface area contributed by atoms with E-state index < -0.39 is 12.0 Å². The SMILES string of the molecule is CCC(C)c1ccc(N(C)C(C)C(=O)O)cc1. The molecule has 0 bridgehead atoms. The quantitative estimate of drug-likeness (QED) is 0.852. The minimum absolute atomic E-state index is 0.510. The second-order valence-corrected chi connectivity index (χ2v) is 4.53. The Bertz CT molecular complexity index is 372. The lowest BCUT2D eigenvalue weighted by atomic mass is 9.98. The van der Waals surface area contributed by atoms with Crippen molar-refractivity contribution in [1.82, 2.24) is 0 Å². The molecule has 0 heterocycles. The van der Waals surface area contributed by atoms with E-state index in [0.29, 0.717) is 5.92 Å². The molecule has 2 atom stereocenters. The highest BCUT2D eigenvalue weighted by Gasteiger charge is 2.17. The first-order chi connectivity index (χ1) is 7.97. The fourth-order valence-electron chi connectivity index (χ4n) is 1.66. The molecular formula is C14H21NO2. The predicted molar refractivity (Wildman–Crippen MR) is 70.6 cm³/mol. The minimum Gasteiger partial charge on any atom is -0.480 e. The molecule has 0 aromatic heterocycles. The molecule has 94 valence electrons. The summed E-state index contributed by atoms with van der Waals surface area (Å²) in [5.74, 6) is -0.259. The van der Waals surface area contributed by atoms with Gasteiger partial charge in [-0.15, -0.1) is 0 Å². The molecular weight excluding hydrogens is 214 g/mol. The van der Waals surface area contributed by atoms with E-state index in [2.05, 4.69) is 26.0 Å². The second kappa shape index (κ2) is 5.71. The lowest BCUT2D eigenvalue weighted by molar-refractivity contribution is -0.138. The molecule has 1 rings (SSSR count). The third-order valence-corrected chi connectivity index (χ3v) is 3.42. The van der Waals surface area contributed by atoms with Gasteiger partial charge in [-0.25, -0.2) is 4.79 Å². The molecule has 0 spiro atoms. The van der Waals surface area contributed by atoms with E-state index in [4.69, 9.17) is 5.11 Å². The van der Waals surface area contributed by atoms with Crippen molar-refractivity contribution in [2.75, 3.05) is 11.9 Å². The first-order valence-electron chi connectivity index (χ1n) is 6.03. The van der Waals surface area contributed by atoms with Gasteiger partial charge in [0.1, 0.15) is 6.04 Å². The van der Waals surface area contributed by atoms with E-state index in [0.717, 1.165) is 12.1 Å². The molecule has 0 aliphatic carbocycles. The second-order valence-electron chi connectivity index (χ2n) is 4.53. The highest BCUT2D eigenvalue weighted by Crippen LogP contribution is 2.22. The van der Waals surface area contributed by atoms with Crippen LogP contribution < -0.4 is 4.90 Å². The largest absolute Gasteiger partial charge is 0.480 e. The van der Waals surface area contributed by atoms with Gasteiger partial charge in [-0.2, -0.15) is 0 Å². The van der Waals surface area contributed by atoms with Crippen molar-refractivity contribution in [2.24, 2.45) is 0 Å². The summed E-state index contributed by atoms with van der Waals surface area (Å²) >= 11 is 0. The number of carbonyl (C=O) groups is 1. The van der Waals surface area contributed by atoms with Crippen molar-refractivity contribution < 1.29 is 9.90 Å². The first-order valence-corrected chi connectivity index (χ1v) is 6.03. The number of anilines is 1. The Balaban J connectivity index is 2.83. The Morgan fingerprint density at radius 1 is 1.29 bits per heavy atom. The fourth-order valence-corrected chi connectivity index (χ4v) is 1.66. The average molecular weight is 235 g/mol. The summed E-state index contributed by atoms with van der Waals surface area (Å²) in [5, 5.41) is 8.95. The Hall–Kier alpha value is -1.51. The van der Waals surface area contributed by atoms with E-state index in [9.17, 15) is 4.79 Å². The van der Waals surface area contributed by atoms with Gasteiger partial charge in [-0.3, -0.25) is 0 Å². The number of aliphatic carboxylic acids is 1. The van der Waals surface area contributed by atoms with Crippen LogP contribution in [0.2, 0.25) is 0 Å². The zero-order chi connectivity index (χ0) is 13.0. The highest BCUT2D eigenvalue weighted by atomic mass is 16.4. The number of benzene rings is 1. The molecule has 0 aliphatic heterocycles. The molecule has 3 heteroatoms. The molecule has 0 aliphatic rings. The topological polar surface area (TPSA) is 40.5 Å². The number of carboxylic acids is 1. The number of rotatable bonds is 5. The zero-order valence-electron chi connectivity index (χ0n) is 11.0. The van der Waals surface area contributed by atoms with Crippen LogP contribution in [0.3, 0.4) is 0 Å². The normalized spacial score (nSPS) is 14.1. The van der Waals surface area contributed by atoms with Gasteiger partial charge in [0.15, 0.2) is 0 Å². The number of nitrogens with zero attached hydrogens (tertiary/aromatic N) is 1. The summed E-state index contributed by atoms with van der Waals surface area (Å²) in [6, 6.07) is 7.62. The Morgan fingerprint density at radius 3 is 2.24 bits per heavy atom. The molecule has 1 N–H and O–H groups in total. The zero-order valence-corrected chi connectivity index (χ0v) is 11.0. The van der Waals surface area contributed by atoms with Gasteiger partial charge >= 0.3 is 5.97 Å². The Labute approximate surface area is 103 Å². The number of hydrogen-bond donors (Lipinski definition) is 1. The van der Waals surface area contributed by atoms with Gasteiger partial charge in [0.05, 0.1) is 0 Å². The summed E-state index contributed by atoms with van der Waals surface area (Å²) in [6.45, 7) is 6.04. The molecule has 1 aromatic rings. The summed E-state index contributed by atoms with van der Waals surface area (Å²) < 4.78 is 0. The van der Waals surface area contributed by atoms with E-state index in [1.807, 2.05) is 12.1 Å². The van der Waals surface area contributed by atoms with Crippen LogP contribution in [-0.2, 0) is 4.79 Å². The third-order valence-electron chi connectivity index (χ3n) is 3.42. The summed E-state index contributed by atoms with van der Waals surface area (Å²) in [7, 11) is 1.80. The van der Waals surface area contributed by atoms with Gasteiger partial charge in [0.25, 0.3) is 0 Å². The Kier molecular flexibility index (Phi) is 4.55. The highest BCUT2D eigenvalue weighted by molar-refractivity contribution is 5.77. The van der Waals surface area contributed by atoms with E-state index in [1.54, 1.807) is 18.9 Å². The van der Waals surface area contributed by atoms with E-state index in [1.165, 1.54) is 5.56 Å². The lowest BCUT2D eigenvalue weighted by Crippen LogP contribution is -2.35. The third kappa shape index (κ3) is 3.22. The smallest absolute Gasteiger partial charge is 0.326 e. The van der Waals surface area contributed by atoms with Crippen molar-refractivity contribution in [3.05, 3.63) is 29.8 Å². The summed E-state index contributed by atoms with van der Waals surface area (Å²) in [4.78, 5) is 12.7. The van der Waals surface area contributed by atoms with Crippen LogP contribution in [0, 0.1) is 0 Å². The van der Waals surface area contributed by atoms with Gasteiger partial charge in [-0.1, -0.05) is 26.0 Å². The van der Waals surface area contributed by atoms with Crippen molar-refractivity contribution in [1.29, 1.82) is 0 Å². The Morgan fingerprint density at radius 2 is 1.82 bits per heavy atom. The maximum Gasteiger partial charge on any atom is 0.326 e. The molecule has 0 saturated carbocycles. The van der Waals surface area contributed by atoms with Gasteiger partial charge in [0.2, 0.25) is 0 Å². The van der Waals surface area contributed by atoms with Crippen LogP contribution in [0.4, 0.5) is 5.69 Å². The minimum atomic E-state index is -0.807. The number of hydrogen-bond acceptors (Lipinski definition) is 2. The molecule has 3 nitrogen and oxygen atoms in total. The van der Waals surface area contributed by atoms with Crippen LogP contribution in [0.25, 0.3) is 0 Å². The summed E-state index contributed by atoms with van der Waals surface area (Å²) in [6.07, 6.45) is 1.11. The fraction of sp³-hybridized carbons (Fsp3) is 0.500. The molecule has 1 aromatic carbocycles. The standard InChI is InChI=1S/C14H21NO2/c1-5-10(2)12-6-8-13(9-7-12)15(4)11(3)14(16)17/h6-11H,5H2,1-4H3,(H,16,17). The monoisotopic (exact) mass is 235 g/mol. The van der Waals surface area contributed by atoms with Crippen LogP contribution >= 0.6 is 0 Å². The molecule has 2 unspecified atom stereocenters. The van der Waals surface area contributed by atoms with E-state index >= 15 is 0 Å². The lowest BCUT2D eigenvalue weighted by Gasteiger charge is -2.24. The van der Waals surface area contributed by atoms with E-state index in [-0.39, 0.29) is 0 Å². The van der Waals surface area contributed by atoms with Gasteiger partial charge < -0.3 is 10.0 Å². The first kappa shape index (κ1) is 13.6. The molecule has 0 radical (unpaired) electrons. The van der Waals surface area contributed by atoms with Crippen molar-refractivity contribution in [3.63, 3.8) is 0 Å². The van der Waals surface area contributed by atoms with Crippen LogP contribution in [0.1, 0.15) is 38.7 Å². The number of likely N-dealkylation sites (N-methyl/N-ethyl adjacent to an activating group) is 1. The van der Waals surface area contributed by atoms with Crippen molar-refractivity contribution >= 4 is 11.7 Å². The predicted octanol–water partition coefficient (Wildman–Crippen LogP) is 3.11. The van der Waals surface area contributed by atoms with Crippen molar-refractivity contribution in [3.8, 4) is 0 Å². The van der Waals surface area contributed by atoms with Crippen molar-refractivity contribution in [2.45, 2.75) is 39.2 Å². The molecule has 0 saturated heterocycles. The van der Waals surface area contributed by atoms with Gasteiger partial charge in [0, 0.05) is 12.7 Å². The molecule has 0 amide bonds. The average Bonchev–Trinajstić information content (AvgIpc) is 2.36. The van der Waals surface area contributed by atoms with Crippen LogP contribution in [0.15, 0.2) is 24.3 Å². The number of carboxylic acid groups (broad SMARTS) is 1. The van der Waals surface area contributed by atoms with Crippen LogP contribution in [-0.4, -0.2) is 24.2 Å². The summed E-state index contributed by atoms with van der Waals surface area (Å²) in [5.41, 5.74) is 2.24. The molecule has 0 fully saturated rings. The van der Waals surface area contributed by atoms with Gasteiger partial charge in [-0.05, 0) is 37.0 Å². The van der Waals surface area contributed by atoms with Crippen LogP contribution in [0.5, 0.6) is 0 Å². The maximum absolute atomic E-state index is 10.9. The molecule has 17 heavy (non-hydrogen) atoms.